The monoisotopic (exact) mass is 396 g/mol. The molecule has 0 spiro atoms. The first-order valence-electron chi connectivity index (χ1n) is 9.63. The van der Waals surface area contributed by atoms with E-state index in [4.69, 9.17) is 4.74 Å². The van der Waals surface area contributed by atoms with Gasteiger partial charge in [0.25, 0.3) is 0 Å². The first-order valence-corrected chi connectivity index (χ1v) is 9.63. The van der Waals surface area contributed by atoms with Crippen molar-refractivity contribution in [1.29, 1.82) is 0 Å². The molecular weight excluding hydrogens is 368 g/mol. The Morgan fingerprint density at radius 3 is 2.72 bits per heavy atom. The number of hydrogen-bond acceptors (Lipinski definition) is 6. The molecule has 7 heteroatoms. The lowest BCUT2D eigenvalue weighted by atomic mass is 9.96. The molecule has 29 heavy (non-hydrogen) atoms. The van der Waals surface area contributed by atoms with Crippen LogP contribution in [0.4, 0.5) is 0 Å². The molecule has 0 bridgehead atoms. The van der Waals surface area contributed by atoms with Crippen molar-refractivity contribution < 1.29 is 14.6 Å². The summed E-state index contributed by atoms with van der Waals surface area (Å²) in [6.45, 7) is 3.06. The van der Waals surface area contributed by atoms with Gasteiger partial charge >= 0.3 is 5.97 Å². The molecule has 2 N–H and O–H groups in total. The molecule has 2 heterocycles. The van der Waals surface area contributed by atoms with Crippen molar-refractivity contribution in [3.8, 4) is 16.9 Å². The molecule has 0 atom stereocenters. The van der Waals surface area contributed by atoms with Crippen molar-refractivity contribution in [3.63, 3.8) is 0 Å². The quantitative estimate of drug-likeness (QED) is 0.598. The molecule has 2 aromatic heterocycles. The maximum atomic E-state index is 12.9. The molecule has 0 aliphatic heterocycles. The van der Waals surface area contributed by atoms with E-state index in [0.717, 1.165) is 22.2 Å². The molecule has 1 aromatic carbocycles. The standard InChI is InChI=1S/C22H28N4O3/c1-6-29-22(28)20-18(12-23-2)26(5)17-10-15(14-8-7-9-24-11-14)21(27)16(19(17)20)13-25(3)4/h7-11,23,27H,6,12-13H2,1-5H3. The van der Waals surface area contributed by atoms with Crippen LogP contribution in [0.25, 0.3) is 22.0 Å². The number of nitrogens with zero attached hydrogens (tertiary/aromatic N) is 3. The van der Waals surface area contributed by atoms with E-state index in [1.54, 1.807) is 19.3 Å². The van der Waals surface area contributed by atoms with Crippen LogP contribution in [0.1, 0.15) is 28.5 Å². The van der Waals surface area contributed by atoms with Crippen molar-refractivity contribution in [2.45, 2.75) is 20.0 Å². The minimum absolute atomic E-state index is 0.159. The van der Waals surface area contributed by atoms with E-state index in [1.807, 2.05) is 55.9 Å². The number of ether oxygens (including phenoxy) is 1. The fraction of sp³-hybridized carbons (Fsp3) is 0.364. The third-order valence-corrected chi connectivity index (χ3v) is 4.96. The summed E-state index contributed by atoms with van der Waals surface area (Å²) in [5.74, 6) is -0.219. The molecule has 0 aliphatic carbocycles. The molecule has 0 aliphatic rings. The lowest BCUT2D eigenvalue weighted by Gasteiger charge is -2.17. The van der Waals surface area contributed by atoms with Gasteiger partial charge in [0.05, 0.1) is 17.7 Å². The maximum Gasteiger partial charge on any atom is 0.340 e. The van der Waals surface area contributed by atoms with Crippen molar-refractivity contribution >= 4 is 16.9 Å². The molecular formula is C22H28N4O3. The number of esters is 1. The lowest BCUT2D eigenvalue weighted by molar-refractivity contribution is 0.0527. The number of aryl methyl sites for hydroxylation is 1. The second-order valence-electron chi connectivity index (χ2n) is 7.26. The van der Waals surface area contributed by atoms with Crippen molar-refractivity contribution in [2.75, 3.05) is 27.7 Å². The summed E-state index contributed by atoms with van der Waals surface area (Å²) < 4.78 is 7.36. The van der Waals surface area contributed by atoms with Gasteiger partial charge in [-0.25, -0.2) is 4.79 Å². The zero-order chi connectivity index (χ0) is 21.1. The number of benzene rings is 1. The van der Waals surface area contributed by atoms with Gasteiger partial charge in [0.1, 0.15) is 5.75 Å². The Kier molecular flexibility index (Phi) is 6.20. The number of phenols is 1. The number of nitrogens with one attached hydrogen (secondary N) is 1. The highest BCUT2D eigenvalue weighted by atomic mass is 16.5. The van der Waals surface area contributed by atoms with Gasteiger partial charge in [0.2, 0.25) is 0 Å². The predicted octanol–water partition coefficient (Wildman–Crippen LogP) is 2.90. The molecule has 0 unspecified atom stereocenters. The predicted molar refractivity (Wildman–Crippen MR) is 114 cm³/mol. The van der Waals surface area contributed by atoms with Gasteiger partial charge in [0.15, 0.2) is 0 Å². The number of fused-ring (bicyclic) bond motifs is 1. The molecule has 7 nitrogen and oxygen atoms in total. The van der Waals surface area contributed by atoms with Crippen LogP contribution in [0, 0.1) is 0 Å². The Labute approximate surface area is 170 Å². The third kappa shape index (κ3) is 3.83. The first-order chi connectivity index (χ1) is 13.9. The van der Waals surface area contributed by atoms with Crippen LogP contribution in [0.3, 0.4) is 0 Å². The molecule has 0 amide bonds. The van der Waals surface area contributed by atoms with E-state index >= 15 is 0 Å². The number of hydrogen-bond donors (Lipinski definition) is 2. The molecule has 3 aromatic rings. The van der Waals surface area contributed by atoms with Crippen LogP contribution in [-0.4, -0.2) is 53.3 Å². The Morgan fingerprint density at radius 1 is 1.38 bits per heavy atom. The molecule has 0 saturated carbocycles. The number of aromatic nitrogens is 2. The fourth-order valence-corrected chi connectivity index (χ4v) is 3.72. The number of pyridine rings is 1. The second-order valence-corrected chi connectivity index (χ2v) is 7.26. The summed E-state index contributed by atoms with van der Waals surface area (Å²) in [4.78, 5) is 19.1. The summed E-state index contributed by atoms with van der Waals surface area (Å²) >= 11 is 0. The highest BCUT2D eigenvalue weighted by Gasteiger charge is 2.27. The Hall–Kier alpha value is -2.90. The number of carbonyl (C=O) groups is 1. The van der Waals surface area contributed by atoms with Crippen LogP contribution in [0.2, 0.25) is 0 Å². The maximum absolute atomic E-state index is 12.9. The van der Waals surface area contributed by atoms with Crippen LogP contribution in [-0.2, 0) is 24.9 Å². The fourth-order valence-electron chi connectivity index (χ4n) is 3.72. The lowest BCUT2D eigenvalue weighted by Crippen LogP contribution is -2.15. The topological polar surface area (TPSA) is 79.6 Å². The van der Waals surface area contributed by atoms with Gasteiger partial charge in [-0.2, -0.15) is 0 Å². The zero-order valence-corrected chi connectivity index (χ0v) is 17.6. The summed E-state index contributed by atoms with van der Waals surface area (Å²) in [5, 5.41) is 15.1. The van der Waals surface area contributed by atoms with Crippen molar-refractivity contribution in [1.82, 2.24) is 19.8 Å². The average molecular weight is 396 g/mol. The van der Waals surface area contributed by atoms with Gasteiger partial charge in [-0.1, -0.05) is 6.07 Å². The number of carbonyl (C=O) groups excluding carboxylic acids is 1. The highest BCUT2D eigenvalue weighted by molar-refractivity contribution is 6.09. The van der Waals surface area contributed by atoms with Crippen molar-refractivity contribution in [3.05, 3.63) is 47.4 Å². The Balaban J connectivity index is 2.43. The van der Waals surface area contributed by atoms with E-state index in [2.05, 4.69) is 10.3 Å². The van der Waals surface area contributed by atoms with Gasteiger partial charge in [-0.15, -0.1) is 0 Å². The third-order valence-electron chi connectivity index (χ3n) is 4.96. The summed E-state index contributed by atoms with van der Waals surface area (Å²) in [7, 11) is 7.64. The minimum atomic E-state index is -0.378. The summed E-state index contributed by atoms with van der Waals surface area (Å²) in [6, 6.07) is 5.67. The molecule has 3 rings (SSSR count). The van der Waals surface area contributed by atoms with Gasteiger partial charge < -0.3 is 24.6 Å². The second kappa shape index (κ2) is 8.63. The largest absolute Gasteiger partial charge is 0.507 e. The average Bonchev–Trinajstić information content (AvgIpc) is 2.97. The number of rotatable bonds is 7. The van der Waals surface area contributed by atoms with Crippen LogP contribution < -0.4 is 5.32 Å². The van der Waals surface area contributed by atoms with Crippen LogP contribution in [0.5, 0.6) is 5.75 Å². The van der Waals surface area contributed by atoms with Gasteiger partial charge in [-0.05, 0) is 40.2 Å². The molecule has 0 radical (unpaired) electrons. The molecule has 154 valence electrons. The number of aromatic hydroxyl groups is 1. The normalized spacial score (nSPS) is 11.4. The van der Waals surface area contributed by atoms with Gasteiger partial charge in [0, 0.05) is 60.3 Å². The molecule has 0 fully saturated rings. The van der Waals surface area contributed by atoms with E-state index in [9.17, 15) is 9.90 Å². The van der Waals surface area contributed by atoms with E-state index < -0.39 is 0 Å². The summed E-state index contributed by atoms with van der Waals surface area (Å²) in [5.41, 5.74) is 4.40. The van der Waals surface area contributed by atoms with E-state index in [0.29, 0.717) is 29.8 Å². The van der Waals surface area contributed by atoms with E-state index in [1.165, 1.54) is 0 Å². The smallest absolute Gasteiger partial charge is 0.340 e. The van der Waals surface area contributed by atoms with Crippen LogP contribution in [0.15, 0.2) is 30.6 Å². The summed E-state index contributed by atoms with van der Waals surface area (Å²) in [6.07, 6.45) is 3.43. The SMILES string of the molecule is CCOC(=O)c1c(CNC)n(C)c2cc(-c3cccnc3)c(O)c(CN(C)C)c12. The first kappa shape index (κ1) is 20.8. The van der Waals surface area contributed by atoms with E-state index in [-0.39, 0.29) is 18.3 Å². The Morgan fingerprint density at radius 2 is 2.14 bits per heavy atom. The number of phenolic OH excluding ortho intramolecular Hbond substituents is 1. The highest BCUT2D eigenvalue weighted by Crippen LogP contribution is 2.41. The van der Waals surface area contributed by atoms with Gasteiger partial charge in [-0.3, -0.25) is 4.98 Å². The Bertz CT molecular complexity index is 1030. The minimum Gasteiger partial charge on any atom is -0.507 e. The zero-order valence-electron chi connectivity index (χ0n) is 17.6. The molecule has 0 saturated heterocycles. The van der Waals surface area contributed by atoms with Crippen molar-refractivity contribution in [2.24, 2.45) is 7.05 Å². The van der Waals surface area contributed by atoms with Crippen LogP contribution >= 0.6 is 0 Å².